The summed E-state index contributed by atoms with van der Waals surface area (Å²) < 4.78 is 1.95. The van der Waals surface area contributed by atoms with E-state index in [0.717, 1.165) is 16.6 Å². The third-order valence-electron chi connectivity index (χ3n) is 1.97. The van der Waals surface area contributed by atoms with Crippen molar-refractivity contribution in [3.63, 3.8) is 0 Å². The smallest absolute Gasteiger partial charge is 0.145 e. The molecule has 2 N–H and O–H groups in total. The lowest BCUT2D eigenvalue weighted by Gasteiger charge is -1.95. The first-order chi connectivity index (χ1) is 7.70. The summed E-state index contributed by atoms with van der Waals surface area (Å²) in [7, 11) is 1.95. The molecule has 0 saturated heterocycles. The van der Waals surface area contributed by atoms with E-state index in [1.807, 2.05) is 52.4 Å². The molecule has 2 aromatic heterocycles. The Bertz CT molecular complexity index is 432. The Labute approximate surface area is 97.5 Å². The first-order valence-corrected chi connectivity index (χ1v) is 5.72. The number of aromatic nitrogens is 3. The van der Waals surface area contributed by atoms with Crippen LogP contribution in [0.25, 0.3) is 11.0 Å². The second kappa shape index (κ2) is 6.82. The number of rotatable bonds is 0. The van der Waals surface area contributed by atoms with Gasteiger partial charge in [0.15, 0.2) is 0 Å². The van der Waals surface area contributed by atoms with Crippen molar-refractivity contribution in [1.29, 1.82) is 0 Å². The highest BCUT2D eigenvalue weighted by Gasteiger charge is 2.06. The highest BCUT2D eigenvalue weighted by Crippen LogP contribution is 2.21. The summed E-state index contributed by atoms with van der Waals surface area (Å²) in [6.45, 7) is 10.0. The van der Waals surface area contributed by atoms with Crippen LogP contribution in [-0.2, 0) is 7.05 Å². The molecule has 2 heterocycles. The quantitative estimate of drug-likeness (QED) is 0.745. The first kappa shape index (κ1) is 14.4. The maximum Gasteiger partial charge on any atom is 0.145 e. The summed E-state index contributed by atoms with van der Waals surface area (Å²) >= 11 is 0. The van der Waals surface area contributed by atoms with E-state index < -0.39 is 0 Å². The molecular formula is C12H22N4. The first-order valence-electron chi connectivity index (χ1n) is 5.72. The highest BCUT2D eigenvalue weighted by molar-refractivity contribution is 5.89. The Morgan fingerprint density at radius 1 is 1.12 bits per heavy atom. The zero-order chi connectivity index (χ0) is 12.7. The van der Waals surface area contributed by atoms with Gasteiger partial charge in [0.1, 0.15) is 17.8 Å². The van der Waals surface area contributed by atoms with E-state index in [0.29, 0.717) is 5.82 Å². The predicted molar refractivity (Wildman–Crippen MR) is 70.4 cm³/mol. The standard InChI is InChI=1S/C8H10N4.2C2H6/c1-5-3-12(2)8-6(5)7(9)10-4-11-8;2*1-2/h3-4H,1-2H3,(H2,9,10,11);2*1-2H3. The molecule has 0 amide bonds. The summed E-state index contributed by atoms with van der Waals surface area (Å²) in [4.78, 5) is 8.07. The van der Waals surface area contributed by atoms with E-state index in [9.17, 15) is 0 Å². The molecule has 0 radical (unpaired) electrons. The Morgan fingerprint density at radius 2 is 1.69 bits per heavy atom. The molecule has 16 heavy (non-hydrogen) atoms. The van der Waals surface area contributed by atoms with E-state index in [1.165, 1.54) is 6.33 Å². The molecule has 0 fully saturated rings. The third kappa shape index (κ3) is 2.72. The minimum Gasteiger partial charge on any atom is -0.383 e. The van der Waals surface area contributed by atoms with Crippen LogP contribution in [0, 0.1) is 6.92 Å². The monoisotopic (exact) mass is 222 g/mol. The fourth-order valence-corrected chi connectivity index (χ4v) is 1.45. The van der Waals surface area contributed by atoms with Crippen molar-refractivity contribution in [2.24, 2.45) is 7.05 Å². The fraction of sp³-hybridized carbons (Fsp3) is 0.500. The van der Waals surface area contributed by atoms with Gasteiger partial charge in [-0.2, -0.15) is 0 Å². The van der Waals surface area contributed by atoms with E-state index in [4.69, 9.17) is 5.73 Å². The molecular weight excluding hydrogens is 200 g/mol. The SMILES string of the molecule is CC.CC.Cc1cn(C)c2ncnc(N)c12. The number of nitrogens with zero attached hydrogens (tertiary/aromatic N) is 3. The summed E-state index contributed by atoms with van der Waals surface area (Å²) in [6, 6.07) is 0. The van der Waals surface area contributed by atoms with Crippen LogP contribution < -0.4 is 5.73 Å². The zero-order valence-electron chi connectivity index (χ0n) is 11.1. The molecule has 0 saturated carbocycles. The van der Waals surface area contributed by atoms with Gasteiger partial charge in [-0.15, -0.1) is 0 Å². The van der Waals surface area contributed by atoms with Crippen LogP contribution >= 0.6 is 0 Å². The lowest BCUT2D eigenvalue weighted by Crippen LogP contribution is -1.94. The molecule has 2 rings (SSSR count). The molecule has 0 aromatic carbocycles. The van der Waals surface area contributed by atoms with E-state index in [1.54, 1.807) is 0 Å². The molecule has 0 aliphatic carbocycles. The lowest BCUT2D eigenvalue weighted by atomic mass is 10.2. The van der Waals surface area contributed by atoms with Crippen molar-refractivity contribution in [2.45, 2.75) is 34.6 Å². The van der Waals surface area contributed by atoms with Crippen molar-refractivity contribution in [3.05, 3.63) is 18.1 Å². The molecule has 0 spiro atoms. The van der Waals surface area contributed by atoms with Gasteiger partial charge in [0.05, 0.1) is 5.39 Å². The molecule has 0 atom stereocenters. The van der Waals surface area contributed by atoms with Gasteiger partial charge in [0, 0.05) is 13.2 Å². The van der Waals surface area contributed by atoms with Crippen LogP contribution in [0.1, 0.15) is 33.3 Å². The van der Waals surface area contributed by atoms with Gasteiger partial charge >= 0.3 is 0 Å². The van der Waals surface area contributed by atoms with Gasteiger partial charge < -0.3 is 10.3 Å². The molecule has 4 nitrogen and oxygen atoms in total. The number of aryl methyl sites for hydroxylation is 2. The average molecular weight is 222 g/mol. The van der Waals surface area contributed by atoms with Gasteiger partial charge in [-0.05, 0) is 12.5 Å². The maximum atomic E-state index is 5.71. The molecule has 0 aliphatic heterocycles. The second-order valence-corrected chi connectivity index (χ2v) is 2.88. The van der Waals surface area contributed by atoms with Crippen molar-refractivity contribution in [3.8, 4) is 0 Å². The predicted octanol–water partition coefficient (Wildman–Crippen LogP) is 2.91. The van der Waals surface area contributed by atoms with Crippen molar-refractivity contribution < 1.29 is 0 Å². The van der Waals surface area contributed by atoms with Gasteiger partial charge in [-0.3, -0.25) is 0 Å². The summed E-state index contributed by atoms with van der Waals surface area (Å²) in [5.41, 5.74) is 7.71. The van der Waals surface area contributed by atoms with Gasteiger partial charge in [0.25, 0.3) is 0 Å². The number of nitrogen functional groups attached to an aromatic ring is 1. The molecule has 2 aromatic rings. The fourth-order valence-electron chi connectivity index (χ4n) is 1.45. The zero-order valence-corrected chi connectivity index (χ0v) is 11.1. The lowest BCUT2D eigenvalue weighted by molar-refractivity contribution is 0.940. The molecule has 0 bridgehead atoms. The van der Waals surface area contributed by atoms with Crippen LogP contribution in [-0.4, -0.2) is 14.5 Å². The van der Waals surface area contributed by atoms with Gasteiger partial charge in [0.2, 0.25) is 0 Å². The third-order valence-corrected chi connectivity index (χ3v) is 1.97. The Hall–Kier alpha value is -1.58. The topological polar surface area (TPSA) is 56.7 Å². The van der Waals surface area contributed by atoms with E-state index in [2.05, 4.69) is 9.97 Å². The van der Waals surface area contributed by atoms with Gasteiger partial charge in [-0.1, -0.05) is 27.7 Å². The second-order valence-electron chi connectivity index (χ2n) is 2.88. The number of hydrogen-bond donors (Lipinski definition) is 1. The molecule has 0 unspecified atom stereocenters. The normalized spacial score (nSPS) is 8.88. The Morgan fingerprint density at radius 3 is 2.19 bits per heavy atom. The largest absolute Gasteiger partial charge is 0.383 e. The highest BCUT2D eigenvalue weighted by atomic mass is 15.0. The van der Waals surface area contributed by atoms with Crippen LogP contribution in [0.4, 0.5) is 5.82 Å². The number of fused-ring (bicyclic) bond motifs is 1. The Kier molecular flexibility index (Phi) is 6.15. The molecule has 0 aliphatic rings. The number of anilines is 1. The van der Waals surface area contributed by atoms with Crippen molar-refractivity contribution >= 4 is 16.9 Å². The van der Waals surface area contributed by atoms with Crippen LogP contribution in [0.15, 0.2) is 12.5 Å². The summed E-state index contributed by atoms with van der Waals surface area (Å²) in [5.74, 6) is 0.554. The van der Waals surface area contributed by atoms with Crippen LogP contribution in [0.3, 0.4) is 0 Å². The summed E-state index contributed by atoms with van der Waals surface area (Å²) in [5, 5.41) is 0.958. The minimum absolute atomic E-state index is 0.554. The minimum atomic E-state index is 0.554. The van der Waals surface area contributed by atoms with E-state index in [-0.39, 0.29) is 0 Å². The number of nitrogens with two attached hydrogens (primary N) is 1. The average Bonchev–Trinajstić information content (AvgIpc) is 2.61. The van der Waals surface area contributed by atoms with Crippen molar-refractivity contribution in [1.82, 2.24) is 14.5 Å². The van der Waals surface area contributed by atoms with Crippen molar-refractivity contribution in [2.75, 3.05) is 5.73 Å². The van der Waals surface area contributed by atoms with Crippen LogP contribution in [0.5, 0.6) is 0 Å². The maximum absolute atomic E-state index is 5.71. The molecule has 90 valence electrons. The summed E-state index contributed by atoms with van der Waals surface area (Å²) in [6.07, 6.45) is 3.48. The van der Waals surface area contributed by atoms with Gasteiger partial charge in [-0.25, -0.2) is 9.97 Å². The number of hydrogen-bond acceptors (Lipinski definition) is 3. The van der Waals surface area contributed by atoms with Crippen LogP contribution in [0.2, 0.25) is 0 Å². The Balaban J connectivity index is 0.000000509. The van der Waals surface area contributed by atoms with E-state index >= 15 is 0 Å². The molecule has 4 heteroatoms.